The summed E-state index contributed by atoms with van der Waals surface area (Å²) in [4.78, 5) is 16.3. The zero-order valence-electron chi connectivity index (χ0n) is 12.7. The first kappa shape index (κ1) is 14.7. The van der Waals surface area contributed by atoms with Crippen molar-refractivity contribution in [2.75, 3.05) is 19.6 Å². The summed E-state index contributed by atoms with van der Waals surface area (Å²) in [6.45, 7) is 4.76. The molecule has 1 aliphatic heterocycles. The fraction of sp³-hybridized carbons (Fsp3) is 0.438. The van der Waals surface area contributed by atoms with E-state index in [4.69, 9.17) is 0 Å². The van der Waals surface area contributed by atoms with Crippen molar-refractivity contribution in [1.82, 2.24) is 25.4 Å². The second kappa shape index (κ2) is 6.70. The maximum atomic E-state index is 12.3. The van der Waals surface area contributed by atoms with Gasteiger partial charge in [-0.15, -0.1) is 0 Å². The number of hydrogen-bond donors (Lipinski definition) is 2. The topological polar surface area (TPSA) is 71.8 Å². The van der Waals surface area contributed by atoms with Crippen molar-refractivity contribution in [1.29, 1.82) is 0 Å². The average Bonchev–Trinajstić information content (AvgIpc) is 3.08. The summed E-state index contributed by atoms with van der Waals surface area (Å²) in [6.07, 6.45) is 5.50. The molecule has 0 saturated carbocycles. The van der Waals surface area contributed by atoms with Gasteiger partial charge in [0, 0.05) is 12.1 Å². The normalized spacial score (nSPS) is 18.1. The van der Waals surface area contributed by atoms with Crippen LogP contribution >= 0.6 is 0 Å². The van der Waals surface area contributed by atoms with Crippen LogP contribution in [0.1, 0.15) is 28.8 Å². The highest BCUT2D eigenvalue weighted by Gasteiger charge is 2.15. The van der Waals surface area contributed by atoms with Crippen LogP contribution in [0.5, 0.6) is 0 Å². The molecule has 1 atom stereocenters. The van der Waals surface area contributed by atoms with Crippen molar-refractivity contribution in [3.05, 3.63) is 42.0 Å². The standard InChI is InChI=1S/C16H21N5O/c1-12-7-14(21-11-18-10-20-21)4-5-15(12)16(22)19-9-13-3-2-6-17-8-13/h4-5,7,10-11,13,17H,2-3,6,8-9H2,1H3,(H,19,22). The Hall–Kier alpha value is -2.21. The van der Waals surface area contributed by atoms with Gasteiger partial charge in [-0.05, 0) is 62.5 Å². The molecule has 1 amide bonds. The van der Waals surface area contributed by atoms with Gasteiger partial charge in [0.15, 0.2) is 0 Å². The summed E-state index contributed by atoms with van der Waals surface area (Å²) in [6, 6.07) is 5.69. The number of rotatable bonds is 4. The van der Waals surface area contributed by atoms with Gasteiger partial charge < -0.3 is 10.6 Å². The van der Waals surface area contributed by atoms with Gasteiger partial charge in [0.2, 0.25) is 0 Å². The summed E-state index contributed by atoms with van der Waals surface area (Å²) in [5.74, 6) is 0.528. The van der Waals surface area contributed by atoms with Crippen LogP contribution in [0.2, 0.25) is 0 Å². The van der Waals surface area contributed by atoms with Crippen molar-refractivity contribution in [3.63, 3.8) is 0 Å². The summed E-state index contributed by atoms with van der Waals surface area (Å²) in [5, 5.41) is 10.5. The van der Waals surface area contributed by atoms with E-state index in [0.29, 0.717) is 11.5 Å². The lowest BCUT2D eigenvalue weighted by Crippen LogP contribution is -2.38. The highest BCUT2D eigenvalue weighted by atomic mass is 16.1. The summed E-state index contributed by atoms with van der Waals surface area (Å²) >= 11 is 0. The van der Waals surface area contributed by atoms with Crippen molar-refractivity contribution in [3.8, 4) is 5.69 Å². The second-order valence-corrected chi connectivity index (χ2v) is 5.76. The van der Waals surface area contributed by atoms with E-state index < -0.39 is 0 Å². The molecule has 1 fully saturated rings. The number of hydrogen-bond acceptors (Lipinski definition) is 4. The predicted octanol–water partition coefficient (Wildman–Crippen LogP) is 1.31. The molecule has 6 heteroatoms. The van der Waals surface area contributed by atoms with E-state index in [9.17, 15) is 4.79 Å². The van der Waals surface area contributed by atoms with Crippen LogP contribution in [-0.4, -0.2) is 40.3 Å². The lowest BCUT2D eigenvalue weighted by atomic mass is 9.99. The molecule has 1 unspecified atom stereocenters. The average molecular weight is 299 g/mol. The minimum atomic E-state index is -0.00628. The zero-order valence-corrected chi connectivity index (χ0v) is 12.7. The van der Waals surface area contributed by atoms with Crippen LogP contribution in [0.3, 0.4) is 0 Å². The molecule has 0 spiro atoms. The van der Waals surface area contributed by atoms with Gasteiger partial charge in [-0.2, -0.15) is 5.10 Å². The molecule has 0 radical (unpaired) electrons. The van der Waals surface area contributed by atoms with Crippen molar-refractivity contribution in [2.45, 2.75) is 19.8 Å². The monoisotopic (exact) mass is 299 g/mol. The molecule has 1 aliphatic rings. The number of amides is 1. The minimum Gasteiger partial charge on any atom is -0.352 e. The molecule has 22 heavy (non-hydrogen) atoms. The zero-order chi connectivity index (χ0) is 15.4. The summed E-state index contributed by atoms with van der Waals surface area (Å²) < 4.78 is 1.68. The maximum absolute atomic E-state index is 12.3. The van der Waals surface area contributed by atoms with E-state index in [0.717, 1.165) is 30.9 Å². The molecule has 1 saturated heterocycles. The van der Waals surface area contributed by atoms with E-state index in [1.165, 1.54) is 19.2 Å². The van der Waals surface area contributed by atoms with E-state index in [-0.39, 0.29) is 5.91 Å². The van der Waals surface area contributed by atoms with Crippen LogP contribution in [-0.2, 0) is 0 Å². The number of aryl methyl sites for hydroxylation is 1. The van der Waals surface area contributed by atoms with Gasteiger partial charge in [-0.1, -0.05) is 0 Å². The first-order chi connectivity index (χ1) is 10.7. The Morgan fingerprint density at radius 3 is 3.09 bits per heavy atom. The molecular formula is C16H21N5O. The number of carbonyl (C=O) groups excluding carboxylic acids is 1. The Morgan fingerprint density at radius 1 is 1.50 bits per heavy atom. The van der Waals surface area contributed by atoms with Crippen molar-refractivity contribution in [2.24, 2.45) is 5.92 Å². The largest absolute Gasteiger partial charge is 0.352 e. The molecule has 6 nitrogen and oxygen atoms in total. The third-order valence-corrected chi connectivity index (χ3v) is 4.09. The quantitative estimate of drug-likeness (QED) is 0.893. The molecular weight excluding hydrogens is 278 g/mol. The van der Waals surface area contributed by atoms with Crippen LogP contribution in [0.25, 0.3) is 5.69 Å². The Balaban J connectivity index is 1.65. The van der Waals surface area contributed by atoms with E-state index in [1.54, 1.807) is 11.0 Å². The molecule has 2 aromatic rings. The second-order valence-electron chi connectivity index (χ2n) is 5.76. The molecule has 3 rings (SSSR count). The van der Waals surface area contributed by atoms with Gasteiger partial charge in [0.1, 0.15) is 12.7 Å². The number of piperidine rings is 1. The van der Waals surface area contributed by atoms with E-state index in [1.807, 2.05) is 25.1 Å². The van der Waals surface area contributed by atoms with Crippen LogP contribution in [0, 0.1) is 12.8 Å². The van der Waals surface area contributed by atoms with Crippen LogP contribution < -0.4 is 10.6 Å². The van der Waals surface area contributed by atoms with Gasteiger partial charge >= 0.3 is 0 Å². The van der Waals surface area contributed by atoms with Gasteiger partial charge in [0.25, 0.3) is 5.91 Å². The lowest BCUT2D eigenvalue weighted by Gasteiger charge is -2.23. The first-order valence-electron chi connectivity index (χ1n) is 7.68. The number of carbonyl (C=O) groups is 1. The molecule has 2 heterocycles. The predicted molar refractivity (Wildman–Crippen MR) is 84.0 cm³/mol. The number of nitrogens with zero attached hydrogens (tertiary/aromatic N) is 3. The molecule has 0 bridgehead atoms. The van der Waals surface area contributed by atoms with Crippen LogP contribution in [0.4, 0.5) is 0 Å². The first-order valence-corrected chi connectivity index (χ1v) is 7.68. The molecule has 2 N–H and O–H groups in total. The third kappa shape index (κ3) is 3.33. The third-order valence-electron chi connectivity index (χ3n) is 4.09. The number of nitrogens with one attached hydrogen (secondary N) is 2. The fourth-order valence-electron chi connectivity index (χ4n) is 2.82. The number of benzene rings is 1. The highest BCUT2D eigenvalue weighted by molar-refractivity contribution is 5.95. The Labute approximate surface area is 129 Å². The Bertz CT molecular complexity index is 632. The number of aromatic nitrogens is 3. The fourth-order valence-corrected chi connectivity index (χ4v) is 2.82. The van der Waals surface area contributed by atoms with E-state index >= 15 is 0 Å². The minimum absolute atomic E-state index is 0.00628. The Morgan fingerprint density at radius 2 is 2.41 bits per heavy atom. The highest BCUT2D eigenvalue weighted by Crippen LogP contribution is 2.14. The molecule has 1 aromatic carbocycles. The maximum Gasteiger partial charge on any atom is 0.251 e. The van der Waals surface area contributed by atoms with Crippen molar-refractivity contribution >= 4 is 5.91 Å². The molecule has 0 aliphatic carbocycles. The molecule has 1 aromatic heterocycles. The van der Waals surface area contributed by atoms with Crippen molar-refractivity contribution < 1.29 is 4.79 Å². The van der Waals surface area contributed by atoms with E-state index in [2.05, 4.69) is 20.7 Å². The SMILES string of the molecule is Cc1cc(-n2cncn2)ccc1C(=O)NCC1CCCNC1. The summed E-state index contributed by atoms with van der Waals surface area (Å²) in [7, 11) is 0. The van der Waals surface area contributed by atoms with Crippen LogP contribution in [0.15, 0.2) is 30.9 Å². The van der Waals surface area contributed by atoms with Gasteiger partial charge in [0.05, 0.1) is 5.69 Å². The molecule has 116 valence electrons. The summed E-state index contributed by atoms with van der Waals surface area (Å²) in [5.41, 5.74) is 2.56. The van der Waals surface area contributed by atoms with Gasteiger partial charge in [-0.3, -0.25) is 4.79 Å². The Kier molecular flexibility index (Phi) is 4.48. The lowest BCUT2D eigenvalue weighted by molar-refractivity contribution is 0.0944. The smallest absolute Gasteiger partial charge is 0.251 e. The van der Waals surface area contributed by atoms with Gasteiger partial charge in [-0.25, -0.2) is 9.67 Å².